The summed E-state index contributed by atoms with van der Waals surface area (Å²) in [4.78, 5) is 0. The van der Waals surface area contributed by atoms with E-state index in [0.29, 0.717) is 11.6 Å². The SMILES string of the molecule is CCc1c(CN)oc2c(Cl)cc(Br)cc12. The first-order valence-electron chi connectivity index (χ1n) is 4.76. The summed E-state index contributed by atoms with van der Waals surface area (Å²) < 4.78 is 6.60. The maximum atomic E-state index is 6.10. The molecule has 1 aromatic heterocycles. The van der Waals surface area contributed by atoms with Gasteiger partial charge in [0.1, 0.15) is 5.76 Å². The summed E-state index contributed by atoms with van der Waals surface area (Å²) in [6, 6.07) is 3.84. The molecule has 0 aliphatic heterocycles. The van der Waals surface area contributed by atoms with Crippen LogP contribution < -0.4 is 5.73 Å². The minimum Gasteiger partial charge on any atom is -0.458 e. The summed E-state index contributed by atoms with van der Waals surface area (Å²) in [6.07, 6.45) is 0.895. The van der Waals surface area contributed by atoms with Gasteiger partial charge >= 0.3 is 0 Å². The Labute approximate surface area is 102 Å². The van der Waals surface area contributed by atoms with Crippen LogP contribution in [0, 0.1) is 0 Å². The first kappa shape index (κ1) is 11.0. The summed E-state index contributed by atoms with van der Waals surface area (Å²) in [6.45, 7) is 2.49. The van der Waals surface area contributed by atoms with Gasteiger partial charge in [-0.05, 0) is 18.6 Å². The Balaban J connectivity index is 2.82. The lowest BCUT2D eigenvalue weighted by molar-refractivity contribution is 0.546. The normalized spacial score (nSPS) is 11.2. The maximum Gasteiger partial charge on any atom is 0.153 e. The second-order valence-electron chi connectivity index (χ2n) is 3.33. The highest BCUT2D eigenvalue weighted by Crippen LogP contribution is 2.34. The van der Waals surface area contributed by atoms with Gasteiger partial charge in [0.25, 0.3) is 0 Å². The van der Waals surface area contributed by atoms with Crippen LogP contribution in [0.3, 0.4) is 0 Å². The number of hydrogen-bond acceptors (Lipinski definition) is 2. The summed E-state index contributed by atoms with van der Waals surface area (Å²) in [7, 11) is 0. The van der Waals surface area contributed by atoms with Crippen molar-refractivity contribution in [1.29, 1.82) is 0 Å². The molecule has 0 radical (unpaired) electrons. The van der Waals surface area contributed by atoms with E-state index in [4.69, 9.17) is 21.8 Å². The fourth-order valence-electron chi connectivity index (χ4n) is 1.78. The molecule has 0 aliphatic carbocycles. The number of fused-ring (bicyclic) bond motifs is 1. The molecule has 80 valence electrons. The van der Waals surface area contributed by atoms with Gasteiger partial charge in [0.15, 0.2) is 5.58 Å². The molecule has 0 spiro atoms. The van der Waals surface area contributed by atoms with Crippen molar-refractivity contribution in [3.8, 4) is 0 Å². The minimum atomic E-state index is 0.409. The van der Waals surface area contributed by atoms with Gasteiger partial charge in [-0.15, -0.1) is 0 Å². The van der Waals surface area contributed by atoms with E-state index in [9.17, 15) is 0 Å². The van der Waals surface area contributed by atoms with E-state index in [1.54, 1.807) is 0 Å². The largest absolute Gasteiger partial charge is 0.458 e. The third-order valence-corrected chi connectivity index (χ3v) is 3.17. The highest BCUT2D eigenvalue weighted by molar-refractivity contribution is 9.10. The first-order chi connectivity index (χ1) is 7.17. The maximum absolute atomic E-state index is 6.10. The van der Waals surface area contributed by atoms with Crippen LogP contribution in [0.4, 0.5) is 0 Å². The van der Waals surface area contributed by atoms with E-state index >= 15 is 0 Å². The number of furan rings is 1. The van der Waals surface area contributed by atoms with Gasteiger partial charge in [-0.25, -0.2) is 0 Å². The van der Waals surface area contributed by atoms with Crippen molar-refractivity contribution in [2.75, 3.05) is 0 Å². The van der Waals surface area contributed by atoms with E-state index < -0.39 is 0 Å². The molecule has 15 heavy (non-hydrogen) atoms. The number of nitrogens with two attached hydrogens (primary N) is 1. The van der Waals surface area contributed by atoms with Gasteiger partial charge in [0, 0.05) is 15.4 Å². The average Bonchev–Trinajstić information content (AvgIpc) is 2.55. The average molecular weight is 289 g/mol. The predicted molar refractivity (Wildman–Crippen MR) is 66.2 cm³/mol. The van der Waals surface area contributed by atoms with E-state index in [1.807, 2.05) is 12.1 Å². The van der Waals surface area contributed by atoms with Crippen molar-refractivity contribution in [3.63, 3.8) is 0 Å². The quantitative estimate of drug-likeness (QED) is 0.911. The number of hydrogen-bond donors (Lipinski definition) is 1. The Morgan fingerprint density at radius 1 is 1.47 bits per heavy atom. The highest BCUT2D eigenvalue weighted by atomic mass is 79.9. The van der Waals surface area contributed by atoms with E-state index in [0.717, 1.165) is 33.2 Å². The molecule has 4 heteroatoms. The number of rotatable bonds is 2. The fraction of sp³-hybridized carbons (Fsp3) is 0.273. The fourth-order valence-corrected chi connectivity index (χ4v) is 2.62. The van der Waals surface area contributed by atoms with Crippen LogP contribution in [0.1, 0.15) is 18.2 Å². The Morgan fingerprint density at radius 2 is 2.20 bits per heavy atom. The molecule has 0 fully saturated rings. The molecule has 2 nitrogen and oxygen atoms in total. The lowest BCUT2D eigenvalue weighted by atomic mass is 10.1. The van der Waals surface area contributed by atoms with Crippen molar-refractivity contribution in [1.82, 2.24) is 0 Å². The molecular weight excluding hydrogens is 277 g/mol. The monoisotopic (exact) mass is 287 g/mol. The van der Waals surface area contributed by atoms with Crippen LogP contribution in [0.2, 0.25) is 5.02 Å². The van der Waals surface area contributed by atoms with Crippen LogP contribution in [0.25, 0.3) is 11.0 Å². The van der Waals surface area contributed by atoms with Gasteiger partial charge in [-0.1, -0.05) is 34.5 Å². The molecule has 0 saturated heterocycles. The van der Waals surface area contributed by atoms with Gasteiger partial charge in [-0.2, -0.15) is 0 Å². The lowest BCUT2D eigenvalue weighted by Crippen LogP contribution is -1.97. The lowest BCUT2D eigenvalue weighted by Gasteiger charge is -1.96. The van der Waals surface area contributed by atoms with E-state index in [-0.39, 0.29) is 0 Å². The molecular formula is C11H11BrClNO. The standard InChI is InChI=1S/C11H11BrClNO/c1-2-7-8-3-6(12)4-9(13)11(8)15-10(7)5-14/h3-4H,2,5,14H2,1H3. The van der Waals surface area contributed by atoms with Crippen molar-refractivity contribution in [2.45, 2.75) is 19.9 Å². The predicted octanol–water partition coefficient (Wildman–Crippen LogP) is 3.87. The molecule has 0 aliphatic rings. The third-order valence-electron chi connectivity index (χ3n) is 2.43. The van der Waals surface area contributed by atoms with Crippen LogP contribution in [0.15, 0.2) is 21.0 Å². The minimum absolute atomic E-state index is 0.409. The number of aryl methyl sites for hydroxylation is 1. The van der Waals surface area contributed by atoms with E-state index in [1.165, 1.54) is 0 Å². The molecule has 1 heterocycles. The number of halogens is 2. The molecule has 0 atom stereocenters. The highest BCUT2D eigenvalue weighted by Gasteiger charge is 2.14. The van der Waals surface area contributed by atoms with Crippen molar-refractivity contribution >= 4 is 38.5 Å². The third kappa shape index (κ3) is 1.80. The van der Waals surface area contributed by atoms with Gasteiger partial charge < -0.3 is 10.2 Å². The van der Waals surface area contributed by atoms with Crippen LogP contribution in [-0.4, -0.2) is 0 Å². The van der Waals surface area contributed by atoms with Crippen molar-refractivity contribution in [2.24, 2.45) is 5.73 Å². The second kappa shape index (κ2) is 4.16. The van der Waals surface area contributed by atoms with Gasteiger partial charge in [-0.3, -0.25) is 0 Å². The first-order valence-corrected chi connectivity index (χ1v) is 5.93. The summed E-state index contributed by atoms with van der Waals surface area (Å²) >= 11 is 9.52. The molecule has 0 saturated carbocycles. The summed E-state index contributed by atoms with van der Waals surface area (Å²) in [5, 5.41) is 1.67. The number of benzene rings is 1. The Bertz CT molecular complexity index is 507. The smallest absolute Gasteiger partial charge is 0.153 e. The summed E-state index contributed by atoms with van der Waals surface area (Å²) in [5.74, 6) is 0.826. The Hall–Kier alpha value is -0.510. The Kier molecular flexibility index (Phi) is 3.05. The molecule has 1 aromatic carbocycles. The van der Waals surface area contributed by atoms with Crippen LogP contribution >= 0.6 is 27.5 Å². The topological polar surface area (TPSA) is 39.2 Å². The molecule has 0 bridgehead atoms. The van der Waals surface area contributed by atoms with Gasteiger partial charge in [0.2, 0.25) is 0 Å². The van der Waals surface area contributed by atoms with Crippen LogP contribution in [0.5, 0.6) is 0 Å². The molecule has 0 amide bonds. The molecule has 2 rings (SSSR count). The Morgan fingerprint density at radius 3 is 2.80 bits per heavy atom. The van der Waals surface area contributed by atoms with Gasteiger partial charge in [0.05, 0.1) is 11.6 Å². The second-order valence-corrected chi connectivity index (χ2v) is 4.65. The van der Waals surface area contributed by atoms with Crippen LogP contribution in [-0.2, 0) is 13.0 Å². The molecule has 0 unspecified atom stereocenters. The zero-order valence-corrected chi connectivity index (χ0v) is 10.7. The summed E-state index contributed by atoms with van der Waals surface area (Å²) in [5.41, 5.74) is 7.51. The van der Waals surface area contributed by atoms with Crippen molar-refractivity contribution < 1.29 is 4.42 Å². The van der Waals surface area contributed by atoms with Crippen molar-refractivity contribution in [3.05, 3.63) is 33.0 Å². The molecule has 2 N–H and O–H groups in total. The zero-order chi connectivity index (χ0) is 11.0. The van der Waals surface area contributed by atoms with E-state index in [2.05, 4.69) is 22.9 Å². The zero-order valence-electron chi connectivity index (χ0n) is 8.31. The molecule has 2 aromatic rings.